The summed E-state index contributed by atoms with van der Waals surface area (Å²) in [5.74, 6) is -0.515. The van der Waals surface area contributed by atoms with Crippen molar-refractivity contribution in [3.05, 3.63) is 39.7 Å². The Kier molecular flexibility index (Phi) is 1.85. The molecule has 3 rings (SSSR count). The minimum Gasteiger partial charge on any atom is -0.513 e. The van der Waals surface area contributed by atoms with Crippen molar-refractivity contribution in [2.45, 2.75) is 0 Å². The van der Waals surface area contributed by atoms with Crippen molar-refractivity contribution in [1.82, 2.24) is 15.2 Å². The van der Waals surface area contributed by atoms with Crippen LogP contribution in [0, 0.1) is 5.82 Å². The standard InChI is InChI=1S/C11H6FN3O2/c12-7-2-1-6-9-8(14-15-11(6)17)3-5(4-16)13-10(7)9/h1-4,13,16H. The van der Waals surface area contributed by atoms with Crippen molar-refractivity contribution in [3.8, 4) is 11.3 Å². The fraction of sp³-hybridized carbons (Fsp3) is 0. The number of benzene rings is 1. The third-order valence-corrected chi connectivity index (χ3v) is 2.59. The predicted octanol–water partition coefficient (Wildman–Crippen LogP) is 0.577. The Morgan fingerprint density at radius 2 is 2.18 bits per heavy atom. The molecule has 1 aromatic carbocycles. The highest BCUT2D eigenvalue weighted by Gasteiger charge is 2.16. The van der Waals surface area contributed by atoms with Crippen molar-refractivity contribution in [1.29, 1.82) is 0 Å². The lowest BCUT2D eigenvalue weighted by atomic mass is 10.0. The first-order chi connectivity index (χ1) is 8.20. The van der Waals surface area contributed by atoms with Gasteiger partial charge in [0.1, 0.15) is 12.1 Å². The number of nitrogens with one attached hydrogen (secondary N) is 1. The lowest BCUT2D eigenvalue weighted by Crippen LogP contribution is -2.17. The summed E-state index contributed by atoms with van der Waals surface area (Å²) in [6, 6.07) is 4.04. The van der Waals surface area contributed by atoms with Crippen molar-refractivity contribution < 1.29 is 9.50 Å². The molecule has 2 aliphatic heterocycles. The number of aromatic nitrogens is 3. The largest absolute Gasteiger partial charge is 0.513 e. The zero-order chi connectivity index (χ0) is 12.0. The van der Waals surface area contributed by atoms with E-state index in [-0.39, 0.29) is 10.9 Å². The SMILES string of the molecule is O=c1nnc2cc(=CO)[nH]c3c(F)ccc1c3-2. The van der Waals surface area contributed by atoms with Gasteiger partial charge in [0.05, 0.1) is 21.9 Å². The van der Waals surface area contributed by atoms with E-state index in [2.05, 4.69) is 15.2 Å². The minimum atomic E-state index is -0.515. The first-order valence-corrected chi connectivity index (χ1v) is 4.83. The first-order valence-electron chi connectivity index (χ1n) is 4.83. The van der Waals surface area contributed by atoms with E-state index in [4.69, 9.17) is 5.11 Å². The number of halogens is 1. The molecule has 6 heteroatoms. The van der Waals surface area contributed by atoms with Crippen molar-refractivity contribution in [2.24, 2.45) is 0 Å². The molecular weight excluding hydrogens is 225 g/mol. The van der Waals surface area contributed by atoms with E-state index in [0.717, 1.165) is 6.26 Å². The quantitative estimate of drug-likeness (QED) is 0.593. The lowest BCUT2D eigenvalue weighted by molar-refractivity contribution is 0.538. The van der Waals surface area contributed by atoms with Gasteiger partial charge in [-0.15, -0.1) is 10.2 Å². The molecule has 2 aliphatic rings. The van der Waals surface area contributed by atoms with E-state index in [0.29, 0.717) is 16.6 Å². The average Bonchev–Trinajstić information content (AvgIpc) is 2.35. The Morgan fingerprint density at radius 3 is 2.94 bits per heavy atom. The maximum Gasteiger partial charge on any atom is 0.296 e. The fourth-order valence-corrected chi connectivity index (χ4v) is 1.85. The van der Waals surface area contributed by atoms with Crippen LogP contribution in [0.15, 0.2) is 23.0 Å². The highest BCUT2D eigenvalue weighted by atomic mass is 19.1. The number of nitrogens with zero attached hydrogens (tertiary/aromatic N) is 2. The Hall–Kier alpha value is -2.50. The molecular formula is C11H6FN3O2. The number of aliphatic hydroxyl groups is 1. The topological polar surface area (TPSA) is 78.9 Å². The van der Waals surface area contributed by atoms with Crippen LogP contribution in [0.1, 0.15) is 0 Å². The molecule has 17 heavy (non-hydrogen) atoms. The lowest BCUT2D eigenvalue weighted by Gasteiger charge is -2.09. The van der Waals surface area contributed by atoms with Gasteiger partial charge in [0, 0.05) is 5.56 Å². The second kappa shape index (κ2) is 3.24. The summed E-state index contributed by atoms with van der Waals surface area (Å²) < 4.78 is 13.6. The van der Waals surface area contributed by atoms with Gasteiger partial charge in [-0.05, 0) is 18.2 Å². The summed E-state index contributed by atoms with van der Waals surface area (Å²) in [6.45, 7) is 0. The molecule has 0 fully saturated rings. The highest BCUT2D eigenvalue weighted by Crippen LogP contribution is 2.27. The normalized spacial score (nSPS) is 12.6. The van der Waals surface area contributed by atoms with Crippen LogP contribution in [-0.4, -0.2) is 20.3 Å². The predicted molar refractivity (Wildman–Crippen MR) is 59.1 cm³/mol. The maximum absolute atomic E-state index is 13.6. The molecule has 2 heterocycles. The van der Waals surface area contributed by atoms with E-state index in [1.807, 2.05) is 0 Å². The van der Waals surface area contributed by atoms with Gasteiger partial charge in [-0.25, -0.2) is 4.39 Å². The van der Waals surface area contributed by atoms with Gasteiger partial charge in [-0.1, -0.05) is 0 Å². The number of pyridine rings is 1. The second-order valence-corrected chi connectivity index (χ2v) is 3.59. The van der Waals surface area contributed by atoms with Crippen molar-refractivity contribution in [2.75, 3.05) is 0 Å². The van der Waals surface area contributed by atoms with Gasteiger partial charge in [0.15, 0.2) is 0 Å². The number of rotatable bonds is 0. The van der Waals surface area contributed by atoms with Crippen LogP contribution in [0.3, 0.4) is 0 Å². The molecule has 0 saturated heterocycles. The molecule has 0 amide bonds. The van der Waals surface area contributed by atoms with Crippen molar-refractivity contribution in [3.63, 3.8) is 0 Å². The Bertz CT molecular complexity index is 797. The maximum atomic E-state index is 13.6. The Labute approximate surface area is 93.6 Å². The van der Waals surface area contributed by atoms with Crippen LogP contribution in [-0.2, 0) is 0 Å². The summed E-state index contributed by atoms with van der Waals surface area (Å²) in [7, 11) is 0. The van der Waals surface area contributed by atoms with Gasteiger partial charge in [0.25, 0.3) is 5.56 Å². The highest BCUT2D eigenvalue weighted by molar-refractivity contribution is 5.93. The van der Waals surface area contributed by atoms with Crippen LogP contribution in [0.2, 0.25) is 0 Å². The summed E-state index contributed by atoms with van der Waals surface area (Å²) in [6.07, 6.45) is 0.800. The van der Waals surface area contributed by atoms with Crippen LogP contribution in [0.4, 0.5) is 4.39 Å². The van der Waals surface area contributed by atoms with Crippen LogP contribution in [0.5, 0.6) is 0 Å². The van der Waals surface area contributed by atoms with E-state index in [9.17, 15) is 9.18 Å². The molecule has 84 valence electrons. The van der Waals surface area contributed by atoms with Crippen LogP contribution in [0.25, 0.3) is 28.4 Å². The number of aliphatic hydroxyl groups excluding tert-OH is 1. The zero-order valence-corrected chi connectivity index (χ0v) is 8.44. The Balaban J connectivity index is 2.69. The third kappa shape index (κ3) is 1.27. The summed E-state index contributed by atoms with van der Waals surface area (Å²) in [5, 5.41) is 16.7. The van der Waals surface area contributed by atoms with Gasteiger partial charge < -0.3 is 10.1 Å². The number of hydrogen-bond acceptors (Lipinski definition) is 4. The summed E-state index contributed by atoms with van der Waals surface area (Å²) in [4.78, 5) is 14.2. The molecule has 0 aromatic heterocycles. The van der Waals surface area contributed by atoms with E-state index in [1.165, 1.54) is 18.2 Å². The first kappa shape index (κ1) is 9.71. The Morgan fingerprint density at radius 1 is 1.35 bits per heavy atom. The second-order valence-electron chi connectivity index (χ2n) is 3.59. The molecule has 0 atom stereocenters. The minimum absolute atomic E-state index is 0.132. The molecule has 0 radical (unpaired) electrons. The van der Waals surface area contributed by atoms with E-state index in [1.54, 1.807) is 0 Å². The summed E-state index contributed by atoms with van der Waals surface area (Å²) in [5.41, 5.74) is 0.368. The smallest absolute Gasteiger partial charge is 0.296 e. The van der Waals surface area contributed by atoms with Crippen LogP contribution < -0.4 is 10.9 Å². The molecule has 0 spiro atoms. The van der Waals surface area contributed by atoms with E-state index >= 15 is 0 Å². The molecule has 0 aliphatic carbocycles. The zero-order valence-electron chi connectivity index (χ0n) is 8.44. The van der Waals surface area contributed by atoms with Crippen molar-refractivity contribution >= 4 is 17.2 Å². The number of aromatic amines is 1. The van der Waals surface area contributed by atoms with Gasteiger partial charge in [-0.2, -0.15) is 0 Å². The van der Waals surface area contributed by atoms with Gasteiger partial charge in [0.2, 0.25) is 0 Å². The third-order valence-electron chi connectivity index (χ3n) is 2.59. The van der Waals surface area contributed by atoms with Crippen LogP contribution >= 0.6 is 0 Å². The molecule has 5 nitrogen and oxygen atoms in total. The van der Waals surface area contributed by atoms with E-state index < -0.39 is 11.4 Å². The molecule has 2 N–H and O–H groups in total. The number of hydrogen-bond donors (Lipinski definition) is 2. The average molecular weight is 231 g/mol. The van der Waals surface area contributed by atoms with Gasteiger partial charge in [-0.3, -0.25) is 4.79 Å². The molecule has 1 aromatic rings. The summed E-state index contributed by atoms with van der Waals surface area (Å²) >= 11 is 0. The monoisotopic (exact) mass is 231 g/mol. The molecule has 0 unspecified atom stereocenters. The molecule has 0 saturated carbocycles. The fourth-order valence-electron chi connectivity index (χ4n) is 1.85. The van der Waals surface area contributed by atoms with Gasteiger partial charge >= 0.3 is 0 Å². The molecule has 0 bridgehead atoms. The number of H-pyrrole nitrogens is 1.